The van der Waals surface area contributed by atoms with Crippen LogP contribution in [-0.2, 0) is 11.8 Å². The van der Waals surface area contributed by atoms with Crippen LogP contribution >= 0.6 is 11.6 Å². The number of aryl methyl sites for hydroxylation is 2. The minimum absolute atomic E-state index is 0.279. The van der Waals surface area contributed by atoms with Crippen molar-refractivity contribution in [2.24, 2.45) is 7.05 Å². The van der Waals surface area contributed by atoms with Gasteiger partial charge in [-0.2, -0.15) is 5.10 Å². The quantitative estimate of drug-likeness (QED) is 0.850. The van der Waals surface area contributed by atoms with E-state index in [0.29, 0.717) is 35.4 Å². The maximum absolute atomic E-state index is 12.2. The molecular weight excluding hydrogens is 342 g/mol. The van der Waals surface area contributed by atoms with Gasteiger partial charge >= 0.3 is 0 Å². The van der Waals surface area contributed by atoms with Gasteiger partial charge in [0, 0.05) is 42.9 Å². The van der Waals surface area contributed by atoms with Crippen molar-refractivity contribution in [2.45, 2.75) is 20.3 Å². The Morgan fingerprint density at radius 2 is 1.96 bits per heavy atom. The fraction of sp³-hybridized carbons (Fsp3) is 0.333. The lowest BCUT2D eigenvalue weighted by Gasteiger charge is -2.11. The summed E-state index contributed by atoms with van der Waals surface area (Å²) in [5, 5.41) is 7.50. The molecule has 0 spiro atoms. The van der Waals surface area contributed by atoms with E-state index in [1.165, 1.54) is 6.08 Å². The summed E-state index contributed by atoms with van der Waals surface area (Å²) in [6.07, 6.45) is 4.03. The summed E-state index contributed by atoms with van der Waals surface area (Å²) >= 11 is 6.24. The van der Waals surface area contributed by atoms with E-state index in [1.807, 2.05) is 20.9 Å². The van der Waals surface area contributed by atoms with Crippen LogP contribution in [0.2, 0.25) is 5.02 Å². The third-order valence-corrected chi connectivity index (χ3v) is 4.37. The first-order valence-electron chi connectivity index (χ1n) is 8.04. The number of hydrogen-bond acceptors (Lipinski definition) is 4. The first-order valence-corrected chi connectivity index (χ1v) is 8.42. The molecule has 25 heavy (non-hydrogen) atoms. The van der Waals surface area contributed by atoms with E-state index in [-0.39, 0.29) is 5.91 Å². The Kier molecular flexibility index (Phi) is 4.99. The Labute approximate surface area is 151 Å². The lowest BCUT2D eigenvalue weighted by molar-refractivity contribution is -0.111. The van der Waals surface area contributed by atoms with Crippen molar-refractivity contribution >= 4 is 29.3 Å². The summed E-state index contributed by atoms with van der Waals surface area (Å²) in [4.78, 5) is 12.2. The number of rotatable bonds is 3. The Hall–Kier alpha value is -2.47. The van der Waals surface area contributed by atoms with Gasteiger partial charge in [0.25, 0.3) is 0 Å². The van der Waals surface area contributed by atoms with Gasteiger partial charge < -0.3 is 14.8 Å². The molecule has 1 amide bonds. The predicted molar refractivity (Wildman–Crippen MR) is 97.4 cm³/mol. The second-order valence-electron chi connectivity index (χ2n) is 5.86. The van der Waals surface area contributed by atoms with Gasteiger partial charge in [0.05, 0.1) is 29.6 Å². The zero-order valence-electron chi connectivity index (χ0n) is 14.4. The molecule has 6 nitrogen and oxygen atoms in total. The number of anilines is 1. The maximum Gasteiger partial charge on any atom is 0.248 e. The van der Waals surface area contributed by atoms with Crippen LogP contribution in [0.15, 0.2) is 18.2 Å². The van der Waals surface area contributed by atoms with Crippen LogP contribution in [0.4, 0.5) is 5.69 Å². The monoisotopic (exact) mass is 361 g/mol. The molecular formula is C18H20ClN3O3. The summed E-state index contributed by atoms with van der Waals surface area (Å²) in [6, 6.07) is 3.35. The number of aromatic nitrogens is 2. The number of ether oxygens (including phenoxy) is 2. The summed E-state index contributed by atoms with van der Waals surface area (Å²) < 4.78 is 13.0. The molecule has 0 saturated heterocycles. The standard InChI is InChI=1S/C18H20ClN3O3/c1-11-13(12(2)22(3)21-11)5-6-18(23)20-15-10-17-16(9-14(15)19)24-7-4-8-25-17/h5-6,9-10H,4,7-8H2,1-3H3,(H,20,23)/b6-5+. The molecule has 1 N–H and O–H groups in total. The van der Waals surface area contributed by atoms with Gasteiger partial charge in [0.2, 0.25) is 5.91 Å². The Bertz CT molecular complexity index is 843. The normalized spacial score (nSPS) is 13.8. The third kappa shape index (κ3) is 3.79. The molecule has 0 unspecified atom stereocenters. The number of benzene rings is 1. The second-order valence-corrected chi connectivity index (χ2v) is 6.27. The van der Waals surface area contributed by atoms with Gasteiger partial charge in [-0.3, -0.25) is 9.48 Å². The topological polar surface area (TPSA) is 65.4 Å². The minimum Gasteiger partial charge on any atom is -0.490 e. The van der Waals surface area contributed by atoms with Gasteiger partial charge in [-0.15, -0.1) is 0 Å². The number of amides is 1. The van der Waals surface area contributed by atoms with Gasteiger partial charge in [-0.1, -0.05) is 11.6 Å². The Balaban J connectivity index is 1.77. The highest BCUT2D eigenvalue weighted by Crippen LogP contribution is 2.37. The lowest BCUT2D eigenvalue weighted by Crippen LogP contribution is -2.08. The summed E-state index contributed by atoms with van der Waals surface area (Å²) in [5.41, 5.74) is 3.29. The van der Waals surface area contributed by atoms with Crippen LogP contribution < -0.4 is 14.8 Å². The third-order valence-electron chi connectivity index (χ3n) is 4.06. The van der Waals surface area contributed by atoms with Crippen molar-refractivity contribution in [2.75, 3.05) is 18.5 Å². The number of carbonyl (C=O) groups is 1. The van der Waals surface area contributed by atoms with Gasteiger partial charge in [0.1, 0.15) is 0 Å². The van der Waals surface area contributed by atoms with E-state index in [0.717, 1.165) is 23.4 Å². The summed E-state index contributed by atoms with van der Waals surface area (Å²) in [7, 11) is 1.87. The predicted octanol–water partition coefficient (Wildman–Crippen LogP) is 3.50. The van der Waals surface area contributed by atoms with Crippen molar-refractivity contribution in [3.8, 4) is 11.5 Å². The van der Waals surface area contributed by atoms with Crippen LogP contribution in [0.1, 0.15) is 23.4 Å². The molecule has 0 atom stereocenters. The first-order chi connectivity index (χ1) is 12.0. The molecule has 0 bridgehead atoms. The number of fused-ring (bicyclic) bond motifs is 1. The SMILES string of the molecule is Cc1nn(C)c(C)c1/C=C/C(=O)Nc1cc2c(cc1Cl)OCCCO2. The van der Waals surface area contributed by atoms with Gasteiger partial charge in [-0.05, 0) is 19.9 Å². The number of carbonyl (C=O) groups excluding carboxylic acids is 1. The van der Waals surface area contributed by atoms with E-state index in [1.54, 1.807) is 22.9 Å². The zero-order chi connectivity index (χ0) is 18.0. The van der Waals surface area contributed by atoms with Crippen molar-refractivity contribution in [3.05, 3.63) is 40.2 Å². The summed E-state index contributed by atoms with van der Waals surface area (Å²) in [5.74, 6) is 0.900. The molecule has 132 valence electrons. The van der Waals surface area contributed by atoms with E-state index in [2.05, 4.69) is 10.4 Å². The Morgan fingerprint density at radius 3 is 2.60 bits per heavy atom. The molecule has 3 rings (SSSR count). The van der Waals surface area contributed by atoms with Crippen molar-refractivity contribution < 1.29 is 14.3 Å². The van der Waals surface area contributed by atoms with E-state index >= 15 is 0 Å². The van der Waals surface area contributed by atoms with E-state index < -0.39 is 0 Å². The molecule has 2 aromatic rings. The fourth-order valence-corrected chi connectivity index (χ4v) is 2.85. The van der Waals surface area contributed by atoms with E-state index in [4.69, 9.17) is 21.1 Å². The minimum atomic E-state index is -0.279. The zero-order valence-corrected chi connectivity index (χ0v) is 15.2. The molecule has 0 radical (unpaired) electrons. The number of hydrogen-bond donors (Lipinski definition) is 1. The van der Waals surface area contributed by atoms with Crippen LogP contribution in [-0.4, -0.2) is 28.9 Å². The van der Waals surface area contributed by atoms with Gasteiger partial charge in [-0.25, -0.2) is 0 Å². The maximum atomic E-state index is 12.2. The molecule has 0 saturated carbocycles. The van der Waals surface area contributed by atoms with Crippen molar-refractivity contribution in [1.29, 1.82) is 0 Å². The molecule has 7 heteroatoms. The van der Waals surface area contributed by atoms with Crippen LogP contribution in [0.3, 0.4) is 0 Å². The highest BCUT2D eigenvalue weighted by molar-refractivity contribution is 6.34. The van der Waals surface area contributed by atoms with Crippen LogP contribution in [0.25, 0.3) is 6.08 Å². The number of nitrogens with one attached hydrogen (secondary N) is 1. The van der Waals surface area contributed by atoms with Crippen LogP contribution in [0, 0.1) is 13.8 Å². The molecule has 1 aromatic heterocycles. The first kappa shape index (κ1) is 17.4. The lowest BCUT2D eigenvalue weighted by atomic mass is 10.2. The average molecular weight is 362 g/mol. The van der Waals surface area contributed by atoms with Crippen LogP contribution in [0.5, 0.6) is 11.5 Å². The number of halogens is 1. The molecule has 0 aliphatic carbocycles. The molecule has 1 aromatic carbocycles. The molecule has 2 heterocycles. The average Bonchev–Trinajstić information content (AvgIpc) is 2.73. The second kappa shape index (κ2) is 7.19. The largest absolute Gasteiger partial charge is 0.490 e. The Morgan fingerprint density at radius 1 is 1.28 bits per heavy atom. The highest BCUT2D eigenvalue weighted by Gasteiger charge is 2.15. The van der Waals surface area contributed by atoms with Crippen molar-refractivity contribution in [1.82, 2.24) is 9.78 Å². The van der Waals surface area contributed by atoms with Crippen molar-refractivity contribution in [3.63, 3.8) is 0 Å². The number of nitrogens with zero attached hydrogens (tertiary/aromatic N) is 2. The highest BCUT2D eigenvalue weighted by atomic mass is 35.5. The molecule has 0 fully saturated rings. The fourth-order valence-electron chi connectivity index (χ4n) is 2.64. The van der Waals surface area contributed by atoms with E-state index in [9.17, 15) is 4.79 Å². The molecule has 1 aliphatic rings. The molecule has 1 aliphatic heterocycles. The van der Waals surface area contributed by atoms with Gasteiger partial charge in [0.15, 0.2) is 11.5 Å². The smallest absolute Gasteiger partial charge is 0.248 e. The summed E-state index contributed by atoms with van der Waals surface area (Å²) in [6.45, 7) is 5.02.